The predicted octanol–water partition coefficient (Wildman–Crippen LogP) is 3.92. The maximum absolute atomic E-state index is 13.4. The number of rotatable bonds is 4. The molecular formula is C16H16F3N. The Hall–Kier alpha value is -1.81. The summed E-state index contributed by atoms with van der Waals surface area (Å²) in [5, 5.41) is 3.07. The summed E-state index contributed by atoms with van der Waals surface area (Å²) in [6.07, 6.45) is 0.455. The summed E-state index contributed by atoms with van der Waals surface area (Å²) in [5.74, 6) is -2.03. The van der Waals surface area contributed by atoms with E-state index in [1.807, 2.05) is 13.0 Å². The van der Waals surface area contributed by atoms with Gasteiger partial charge in [0.25, 0.3) is 0 Å². The molecule has 2 aromatic rings. The van der Waals surface area contributed by atoms with Crippen LogP contribution in [-0.2, 0) is 6.42 Å². The van der Waals surface area contributed by atoms with Crippen molar-refractivity contribution in [2.45, 2.75) is 19.4 Å². The molecule has 0 aliphatic rings. The molecule has 0 aliphatic heterocycles. The van der Waals surface area contributed by atoms with Gasteiger partial charge in [0.05, 0.1) is 0 Å². The monoisotopic (exact) mass is 279 g/mol. The van der Waals surface area contributed by atoms with Gasteiger partial charge in [-0.05, 0) is 61.3 Å². The van der Waals surface area contributed by atoms with Gasteiger partial charge in [0.15, 0.2) is 11.6 Å². The second-order valence-corrected chi connectivity index (χ2v) is 4.86. The van der Waals surface area contributed by atoms with E-state index >= 15 is 0 Å². The van der Waals surface area contributed by atoms with Crippen molar-refractivity contribution >= 4 is 0 Å². The van der Waals surface area contributed by atoms with E-state index in [0.29, 0.717) is 12.0 Å². The first-order valence-electron chi connectivity index (χ1n) is 6.38. The molecule has 106 valence electrons. The molecule has 0 amide bonds. The van der Waals surface area contributed by atoms with E-state index in [4.69, 9.17) is 0 Å². The van der Waals surface area contributed by atoms with Gasteiger partial charge >= 0.3 is 0 Å². The van der Waals surface area contributed by atoms with Crippen LogP contribution in [0.5, 0.6) is 0 Å². The standard InChI is InChI=1S/C16H16F3N/c1-10-5-12(9-13(17)6-10)16(20-2)8-11-3-4-14(18)15(19)7-11/h3-7,9,16,20H,8H2,1-2H3. The van der Waals surface area contributed by atoms with Crippen molar-refractivity contribution in [1.82, 2.24) is 5.32 Å². The summed E-state index contributed by atoms with van der Waals surface area (Å²) in [5.41, 5.74) is 2.27. The van der Waals surface area contributed by atoms with Crippen LogP contribution in [0.2, 0.25) is 0 Å². The van der Waals surface area contributed by atoms with Crippen molar-refractivity contribution in [3.8, 4) is 0 Å². The van der Waals surface area contributed by atoms with Crippen LogP contribution in [0, 0.1) is 24.4 Å². The third kappa shape index (κ3) is 3.39. The quantitative estimate of drug-likeness (QED) is 0.894. The second-order valence-electron chi connectivity index (χ2n) is 4.86. The zero-order chi connectivity index (χ0) is 14.7. The molecule has 2 aromatic carbocycles. The molecule has 0 radical (unpaired) electrons. The lowest BCUT2D eigenvalue weighted by molar-refractivity contribution is 0.504. The molecule has 2 rings (SSSR count). The number of likely N-dealkylation sites (N-methyl/N-ethyl adjacent to an activating group) is 1. The van der Waals surface area contributed by atoms with Crippen molar-refractivity contribution in [3.63, 3.8) is 0 Å². The van der Waals surface area contributed by atoms with Gasteiger partial charge in [-0.3, -0.25) is 0 Å². The minimum absolute atomic E-state index is 0.158. The molecule has 1 atom stereocenters. The highest BCUT2D eigenvalue weighted by molar-refractivity contribution is 5.28. The molecule has 0 aromatic heterocycles. The summed E-state index contributed by atoms with van der Waals surface area (Å²) in [6, 6.07) is 8.44. The van der Waals surface area contributed by atoms with Crippen LogP contribution >= 0.6 is 0 Å². The minimum atomic E-state index is -0.868. The molecule has 0 saturated carbocycles. The fourth-order valence-corrected chi connectivity index (χ4v) is 2.25. The van der Waals surface area contributed by atoms with Gasteiger partial charge in [-0.25, -0.2) is 13.2 Å². The van der Waals surface area contributed by atoms with Crippen LogP contribution in [0.4, 0.5) is 13.2 Å². The Labute approximate surface area is 116 Å². The van der Waals surface area contributed by atoms with Gasteiger partial charge in [0.2, 0.25) is 0 Å². The summed E-state index contributed by atoms with van der Waals surface area (Å²) in [7, 11) is 1.75. The highest BCUT2D eigenvalue weighted by Gasteiger charge is 2.13. The van der Waals surface area contributed by atoms with Crippen LogP contribution < -0.4 is 5.32 Å². The van der Waals surface area contributed by atoms with Gasteiger partial charge in [0.1, 0.15) is 5.82 Å². The lowest BCUT2D eigenvalue weighted by Gasteiger charge is -2.17. The van der Waals surface area contributed by atoms with E-state index < -0.39 is 11.6 Å². The van der Waals surface area contributed by atoms with Crippen LogP contribution in [0.15, 0.2) is 36.4 Å². The molecular weight excluding hydrogens is 263 g/mol. The Morgan fingerprint density at radius 2 is 1.75 bits per heavy atom. The van der Waals surface area contributed by atoms with Crippen LogP contribution in [0.1, 0.15) is 22.7 Å². The smallest absolute Gasteiger partial charge is 0.159 e. The Kier molecular flexibility index (Phi) is 4.45. The summed E-state index contributed by atoms with van der Waals surface area (Å²) in [6.45, 7) is 1.82. The number of nitrogens with one attached hydrogen (secondary N) is 1. The van der Waals surface area contributed by atoms with E-state index in [1.54, 1.807) is 7.05 Å². The molecule has 0 bridgehead atoms. The van der Waals surface area contributed by atoms with Gasteiger partial charge in [-0.1, -0.05) is 12.1 Å². The number of aryl methyl sites for hydroxylation is 1. The maximum atomic E-state index is 13.4. The third-order valence-electron chi connectivity index (χ3n) is 3.24. The molecule has 1 nitrogen and oxygen atoms in total. The lowest BCUT2D eigenvalue weighted by atomic mass is 9.97. The van der Waals surface area contributed by atoms with Gasteiger partial charge in [-0.15, -0.1) is 0 Å². The number of halogens is 3. The van der Waals surface area contributed by atoms with Crippen molar-refractivity contribution < 1.29 is 13.2 Å². The molecule has 20 heavy (non-hydrogen) atoms. The fourth-order valence-electron chi connectivity index (χ4n) is 2.25. The van der Waals surface area contributed by atoms with Crippen molar-refractivity contribution in [2.24, 2.45) is 0 Å². The number of benzene rings is 2. The normalized spacial score (nSPS) is 12.4. The Bertz CT molecular complexity index is 590. The van der Waals surface area contributed by atoms with E-state index in [1.165, 1.54) is 24.3 Å². The molecule has 0 heterocycles. The zero-order valence-corrected chi connectivity index (χ0v) is 11.4. The molecule has 0 fully saturated rings. The molecule has 1 unspecified atom stereocenters. The second kappa shape index (κ2) is 6.09. The average Bonchev–Trinajstić information content (AvgIpc) is 2.38. The summed E-state index contributed by atoms with van der Waals surface area (Å²) < 4.78 is 39.6. The predicted molar refractivity (Wildman–Crippen MR) is 73.0 cm³/mol. The molecule has 4 heteroatoms. The Balaban J connectivity index is 2.26. The zero-order valence-electron chi connectivity index (χ0n) is 11.4. The SMILES string of the molecule is CNC(Cc1ccc(F)c(F)c1)c1cc(C)cc(F)c1. The molecule has 0 spiro atoms. The fraction of sp³-hybridized carbons (Fsp3) is 0.250. The van der Waals surface area contributed by atoms with Crippen LogP contribution in [0.25, 0.3) is 0 Å². The largest absolute Gasteiger partial charge is 0.313 e. The first kappa shape index (κ1) is 14.6. The van der Waals surface area contributed by atoms with Crippen molar-refractivity contribution in [1.29, 1.82) is 0 Å². The van der Waals surface area contributed by atoms with Crippen LogP contribution in [-0.4, -0.2) is 7.05 Å². The van der Waals surface area contributed by atoms with Gasteiger partial charge in [0, 0.05) is 6.04 Å². The number of hydrogen-bond acceptors (Lipinski definition) is 1. The Morgan fingerprint density at radius 3 is 2.35 bits per heavy atom. The summed E-state index contributed by atoms with van der Waals surface area (Å²) in [4.78, 5) is 0. The lowest BCUT2D eigenvalue weighted by Crippen LogP contribution is -2.19. The van der Waals surface area contributed by atoms with Gasteiger partial charge in [-0.2, -0.15) is 0 Å². The van der Waals surface area contributed by atoms with E-state index in [2.05, 4.69) is 5.32 Å². The van der Waals surface area contributed by atoms with E-state index in [9.17, 15) is 13.2 Å². The van der Waals surface area contributed by atoms with Crippen molar-refractivity contribution in [3.05, 3.63) is 70.5 Å². The van der Waals surface area contributed by atoms with Crippen molar-refractivity contribution in [2.75, 3.05) is 7.05 Å². The average molecular weight is 279 g/mol. The van der Waals surface area contributed by atoms with E-state index in [0.717, 1.165) is 17.2 Å². The van der Waals surface area contributed by atoms with Crippen LogP contribution in [0.3, 0.4) is 0 Å². The number of hydrogen-bond donors (Lipinski definition) is 1. The first-order valence-corrected chi connectivity index (χ1v) is 6.38. The van der Waals surface area contributed by atoms with E-state index in [-0.39, 0.29) is 11.9 Å². The highest BCUT2D eigenvalue weighted by atomic mass is 19.2. The first-order chi connectivity index (χ1) is 9.49. The molecule has 0 saturated heterocycles. The highest BCUT2D eigenvalue weighted by Crippen LogP contribution is 2.21. The Morgan fingerprint density at radius 1 is 1.00 bits per heavy atom. The minimum Gasteiger partial charge on any atom is -0.313 e. The topological polar surface area (TPSA) is 12.0 Å². The van der Waals surface area contributed by atoms with Gasteiger partial charge < -0.3 is 5.32 Å². The molecule has 1 N–H and O–H groups in total. The summed E-state index contributed by atoms with van der Waals surface area (Å²) >= 11 is 0. The molecule has 0 aliphatic carbocycles. The third-order valence-corrected chi connectivity index (χ3v) is 3.24. The maximum Gasteiger partial charge on any atom is 0.159 e.